The third-order valence-electron chi connectivity index (χ3n) is 2.12. The second kappa shape index (κ2) is 12.9. The second-order valence-corrected chi connectivity index (χ2v) is 4.43. The summed E-state index contributed by atoms with van der Waals surface area (Å²) in [6.07, 6.45) is 2.00. The molecule has 0 aliphatic rings. The van der Waals surface area contributed by atoms with Gasteiger partial charge in [0.2, 0.25) is 0 Å². The van der Waals surface area contributed by atoms with Gasteiger partial charge in [-0.05, 0) is 5.92 Å². The molecule has 0 nitrogen and oxygen atoms in total. The van der Waals surface area contributed by atoms with Crippen molar-refractivity contribution in [3.05, 3.63) is 41.8 Å². The summed E-state index contributed by atoms with van der Waals surface area (Å²) in [5.41, 5.74) is 2.81. The van der Waals surface area contributed by atoms with Crippen LogP contribution in [0.25, 0.3) is 0 Å². The van der Waals surface area contributed by atoms with E-state index in [4.69, 9.17) is 0 Å². The van der Waals surface area contributed by atoms with Gasteiger partial charge in [0.05, 0.1) is 0 Å². The summed E-state index contributed by atoms with van der Waals surface area (Å²) >= 11 is 0. The molecule has 0 saturated carbocycles. The van der Waals surface area contributed by atoms with Crippen LogP contribution in [-0.4, -0.2) is 23.1 Å². The van der Waals surface area contributed by atoms with Gasteiger partial charge in [-0.3, -0.25) is 0 Å². The van der Waals surface area contributed by atoms with Gasteiger partial charge < -0.3 is 6.42 Å². The summed E-state index contributed by atoms with van der Waals surface area (Å²) in [6.45, 7) is 12.9. The average molecular weight is 310 g/mol. The fourth-order valence-corrected chi connectivity index (χ4v) is 1.47. The van der Waals surface area contributed by atoms with Crippen molar-refractivity contribution in [1.29, 1.82) is 0 Å². The van der Waals surface area contributed by atoms with Crippen molar-refractivity contribution in [2.24, 2.45) is 0 Å². The van der Waals surface area contributed by atoms with Gasteiger partial charge in [-0.1, -0.05) is 33.6 Å². The van der Waals surface area contributed by atoms with Gasteiger partial charge in [0, 0.05) is 0 Å². The smallest absolute Gasteiger partial charge is 0.335 e. The summed E-state index contributed by atoms with van der Waals surface area (Å²) in [5.74, 6) is 1.20. The SMILES string of the molecule is Br.CC(C)c1[c-]cccc1C(C)C.C[CH-]C.[Mg+2]. The molecule has 1 rings (SSSR count). The first-order valence-electron chi connectivity index (χ1n) is 5.79. The zero-order valence-electron chi connectivity index (χ0n) is 12.1. The molecule has 0 atom stereocenters. The van der Waals surface area contributed by atoms with Crippen LogP contribution in [0.15, 0.2) is 18.2 Å². The Morgan fingerprint density at radius 1 is 1.06 bits per heavy atom. The molecule has 0 saturated heterocycles. The third-order valence-corrected chi connectivity index (χ3v) is 2.12. The van der Waals surface area contributed by atoms with Crippen LogP contribution in [0, 0.1) is 12.5 Å². The zero-order valence-corrected chi connectivity index (χ0v) is 15.2. The average Bonchev–Trinajstić information content (AvgIpc) is 2.19. The van der Waals surface area contributed by atoms with Crippen molar-refractivity contribution in [3.63, 3.8) is 0 Å². The van der Waals surface area contributed by atoms with Gasteiger partial charge in [-0.2, -0.15) is 49.2 Å². The van der Waals surface area contributed by atoms with E-state index < -0.39 is 0 Å². The van der Waals surface area contributed by atoms with Gasteiger partial charge in [0.15, 0.2) is 0 Å². The molecule has 94 valence electrons. The molecule has 0 aliphatic carbocycles. The summed E-state index contributed by atoms with van der Waals surface area (Å²) < 4.78 is 0. The Kier molecular flexibility index (Phi) is 17.2. The number of hydrogen-bond donors (Lipinski definition) is 0. The summed E-state index contributed by atoms with van der Waals surface area (Å²) in [7, 11) is 0. The van der Waals surface area contributed by atoms with Crippen LogP contribution in [0.3, 0.4) is 0 Å². The molecule has 0 radical (unpaired) electrons. The minimum atomic E-state index is 0. The van der Waals surface area contributed by atoms with E-state index in [-0.39, 0.29) is 40.0 Å². The molecular formula is C15H25BrMg. The van der Waals surface area contributed by atoms with Crippen LogP contribution in [-0.2, 0) is 0 Å². The first-order valence-corrected chi connectivity index (χ1v) is 5.79. The third kappa shape index (κ3) is 9.09. The molecule has 0 unspecified atom stereocenters. The Balaban J connectivity index is -0.000000356. The van der Waals surface area contributed by atoms with Crippen molar-refractivity contribution in [3.8, 4) is 0 Å². The van der Waals surface area contributed by atoms with Crippen molar-refractivity contribution in [1.82, 2.24) is 0 Å². The van der Waals surface area contributed by atoms with E-state index in [1.807, 2.05) is 26.3 Å². The Morgan fingerprint density at radius 2 is 1.53 bits per heavy atom. The zero-order chi connectivity index (χ0) is 11.8. The fraction of sp³-hybridized carbons (Fsp3) is 0.533. The van der Waals surface area contributed by atoms with Crippen LogP contribution in [0.5, 0.6) is 0 Å². The standard InChI is InChI=1S/C12H17.C3H7.BrH.Mg/c1-9(2)11-7-5-6-8-12(11)10(3)4;1-3-2;;/h5-7,9-10H,1-4H3;3H,1-2H3;1H;/q2*-1;;+2. The molecule has 17 heavy (non-hydrogen) atoms. The largest absolute Gasteiger partial charge is 2.00 e. The fourth-order valence-electron chi connectivity index (χ4n) is 1.47. The second-order valence-electron chi connectivity index (χ2n) is 4.43. The van der Waals surface area contributed by atoms with Crippen molar-refractivity contribution in [2.75, 3.05) is 0 Å². The Hall–Kier alpha value is 0.466. The summed E-state index contributed by atoms with van der Waals surface area (Å²) in [6, 6.07) is 9.59. The minimum Gasteiger partial charge on any atom is -0.335 e. The normalized spacial score (nSPS) is 8.94. The Labute approximate surface area is 135 Å². The number of hydrogen-bond acceptors (Lipinski definition) is 0. The minimum absolute atomic E-state index is 0. The summed E-state index contributed by atoms with van der Waals surface area (Å²) in [4.78, 5) is 0. The first kappa shape index (κ1) is 22.6. The van der Waals surface area contributed by atoms with E-state index >= 15 is 0 Å². The van der Waals surface area contributed by atoms with E-state index in [9.17, 15) is 0 Å². The molecule has 0 heterocycles. The molecule has 1 aromatic carbocycles. The molecule has 0 spiro atoms. The predicted molar refractivity (Wildman–Crippen MR) is 85.2 cm³/mol. The molecule has 0 N–H and O–H groups in total. The maximum atomic E-state index is 3.32. The molecule has 0 amide bonds. The number of halogens is 1. The summed E-state index contributed by atoms with van der Waals surface area (Å²) in [5, 5.41) is 0. The van der Waals surface area contributed by atoms with Gasteiger partial charge in [-0.25, -0.2) is 0 Å². The molecule has 0 aliphatic heterocycles. The predicted octanol–water partition coefficient (Wildman–Crippen LogP) is 5.16. The van der Waals surface area contributed by atoms with Crippen LogP contribution >= 0.6 is 17.0 Å². The Morgan fingerprint density at radius 3 is 1.82 bits per heavy atom. The topological polar surface area (TPSA) is 0 Å². The molecule has 1 aromatic rings. The Bertz CT molecular complexity index is 242. The molecule has 0 aromatic heterocycles. The monoisotopic (exact) mass is 308 g/mol. The molecule has 2 heteroatoms. The van der Waals surface area contributed by atoms with Crippen molar-refractivity contribution < 1.29 is 0 Å². The number of benzene rings is 1. The van der Waals surface area contributed by atoms with E-state index in [1.54, 1.807) is 0 Å². The van der Waals surface area contributed by atoms with Crippen molar-refractivity contribution >= 4 is 40.0 Å². The molecular weight excluding hydrogens is 284 g/mol. The van der Waals surface area contributed by atoms with E-state index in [1.165, 1.54) is 11.1 Å². The molecule has 0 fully saturated rings. The van der Waals surface area contributed by atoms with E-state index in [0.29, 0.717) is 11.8 Å². The quantitative estimate of drug-likeness (QED) is 0.523. The first-order chi connectivity index (χ1) is 7.04. The van der Waals surface area contributed by atoms with Crippen LogP contribution in [0.2, 0.25) is 0 Å². The van der Waals surface area contributed by atoms with E-state index in [0.717, 1.165) is 0 Å². The van der Waals surface area contributed by atoms with E-state index in [2.05, 4.69) is 45.9 Å². The van der Waals surface area contributed by atoms with Crippen LogP contribution in [0.4, 0.5) is 0 Å². The van der Waals surface area contributed by atoms with Crippen molar-refractivity contribution in [2.45, 2.75) is 53.4 Å². The maximum absolute atomic E-state index is 3.32. The van der Waals surface area contributed by atoms with Gasteiger partial charge in [0.25, 0.3) is 0 Å². The van der Waals surface area contributed by atoms with Crippen LogP contribution in [0.1, 0.15) is 64.5 Å². The van der Waals surface area contributed by atoms with Gasteiger partial charge >= 0.3 is 23.1 Å². The van der Waals surface area contributed by atoms with Gasteiger partial charge in [0.1, 0.15) is 0 Å². The maximum Gasteiger partial charge on any atom is 2.00 e. The van der Waals surface area contributed by atoms with Gasteiger partial charge in [-0.15, -0.1) is 17.0 Å². The molecule has 0 bridgehead atoms. The number of rotatable bonds is 2. The van der Waals surface area contributed by atoms with Crippen LogP contribution < -0.4 is 0 Å².